The smallest absolute Gasteiger partial charge is 0.134 e. The number of aliphatic hydroxyl groups is 1. The van der Waals surface area contributed by atoms with Gasteiger partial charge in [0.1, 0.15) is 11.9 Å². The van der Waals surface area contributed by atoms with Crippen molar-refractivity contribution in [2.75, 3.05) is 27.0 Å². The summed E-state index contributed by atoms with van der Waals surface area (Å²) in [5, 5.41) is 17.7. The highest BCUT2D eigenvalue weighted by Gasteiger charge is 2.15. The lowest BCUT2D eigenvalue weighted by Crippen LogP contribution is -2.15. The maximum Gasteiger partial charge on any atom is 0.134 e. The topological polar surface area (TPSA) is 53.5 Å². The van der Waals surface area contributed by atoms with Crippen molar-refractivity contribution in [3.8, 4) is 5.75 Å². The third-order valence-electron chi connectivity index (χ3n) is 4.34. The van der Waals surface area contributed by atoms with Crippen molar-refractivity contribution in [2.45, 2.75) is 25.0 Å². The Morgan fingerprint density at radius 2 is 1.61 bits per heavy atom. The average molecular weight is 516 g/mol. The second-order valence-corrected chi connectivity index (χ2v) is 8.50. The van der Waals surface area contributed by atoms with Crippen molar-refractivity contribution in [1.82, 2.24) is 10.6 Å². The number of benzene rings is 2. The number of fused-ring (bicyclic) bond motifs is 1. The van der Waals surface area contributed by atoms with E-state index in [0.29, 0.717) is 6.42 Å². The van der Waals surface area contributed by atoms with Gasteiger partial charge < -0.3 is 20.5 Å². The monoisotopic (exact) mass is 515 g/mol. The zero-order chi connectivity index (χ0) is 33.7. The minimum absolute atomic E-state index is 0. The van der Waals surface area contributed by atoms with Crippen molar-refractivity contribution < 1.29 is 27.7 Å². The van der Waals surface area contributed by atoms with Crippen LogP contribution < -0.4 is 15.4 Å². The Kier molecular flexibility index (Phi) is 6.35. The standard InChI is InChI=1S/C18H19NOS.C8H13NOS.H2S/c1-19-12-11-17(18-10-5-13-21-18)20-16-9-4-7-14-6-2-3-8-15(14)16;1-9-5-4-7(10)8-3-2-6-11-8;/h2-10,13,17,19H,11-12H2,1H3;2-3,6-7,9-10H,4-5H2,1H3;1H2/t17-;7-;/m10./s1/i1D3,2D,3D,4D,6D,7D,8D,9D;1D3;. The van der Waals surface area contributed by atoms with Gasteiger partial charge in [-0.3, -0.25) is 0 Å². The summed E-state index contributed by atoms with van der Waals surface area (Å²) in [6, 6.07) is 3.79. The molecule has 0 saturated carbocycles. The Morgan fingerprint density at radius 3 is 2.30 bits per heavy atom. The fraction of sp³-hybridized carbons (Fsp3) is 0.308. The Labute approximate surface area is 230 Å². The molecule has 0 fully saturated rings. The van der Waals surface area contributed by atoms with Gasteiger partial charge in [-0.25, -0.2) is 0 Å². The molecule has 0 spiro atoms. The van der Waals surface area contributed by atoms with Gasteiger partial charge in [-0.2, -0.15) is 13.5 Å². The number of ether oxygens (including phenoxy) is 1. The first-order chi connectivity index (χ1) is 20.9. The van der Waals surface area contributed by atoms with Crippen LogP contribution >= 0.6 is 36.2 Å². The van der Waals surface area contributed by atoms with E-state index in [1.54, 1.807) is 17.5 Å². The molecule has 0 aliphatic rings. The van der Waals surface area contributed by atoms with Crippen molar-refractivity contribution in [3.05, 3.63) is 87.1 Å². The lowest BCUT2D eigenvalue weighted by Gasteiger charge is -2.19. The zero-order valence-corrected chi connectivity index (χ0v) is 20.3. The van der Waals surface area contributed by atoms with E-state index in [0.717, 1.165) is 9.75 Å². The van der Waals surface area contributed by atoms with Crippen LogP contribution in [0.1, 0.15) is 52.6 Å². The fourth-order valence-electron chi connectivity index (χ4n) is 2.79. The molecule has 0 saturated heterocycles. The second-order valence-electron chi connectivity index (χ2n) is 6.54. The number of hydrogen-bond donors (Lipinski definition) is 3. The summed E-state index contributed by atoms with van der Waals surface area (Å²) >= 11 is 2.82. The van der Waals surface area contributed by atoms with Gasteiger partial charge in [-0.15, -0.1) is 22.7 Å². The van der Waals surface area contributed by atoms with Crippen LogP contribution in [0, 0.1) is 0 Å². The molecule has 7 heteroatoms. The van der Waals surface area contributed by atoms with Crippen LogP contribution in [0.2, 0.25) is 0 Å². The molecule has 2 aromatic carbocycles. The van der Waals surface area contributed by atoms with E-state index in [2.05, 4.69) is 10.6 Å². The molecule has 178 valence electrons. The molecule has 0 unspecified atom stereocenters. The van der Waals surface area contributed by atoms with Crippen LogP contribution in [-0.4, -0.2) is 32.1 Å². The highest BCUT2D eigenvalue weighted by Crippen LogP contribution is 2.32. The minimum Gasteiger partial charge on any atom is -0.484 e. The van der Waals surface area contributed by atoms with Gasteiger partial charge in [0.2, 0.25) is 0 Å². The SMILES string of the molecule is S.[2H]C([2H])([2H])NCC[C@H](O)c1cccs1.[2H]c1c([2H])c([2H])c2c(O[C@H](CCNC([2H])([2H])[2H])c3cccs3)c([2H])c([2H])c([2H])c2c1[2H]. The number of hydrogen-bond acceptors (Lipinski definition) is 6. The lowest BCUT2D eigenvalue weighted by atomic mass is 10.1. The van der Waals surface area contributed by atoms with E-state index in [1.165, 1.54) is 22.7 Å². The van der Waals surface area contributed by atoms with Gasteiger partial charge in [0, 0.05) is 29.8 Å². The summed E-state index contributed by atoms with van der Waals surface area (Å²) in [7, 11) is 0. The first-order valence-corrected chi connectivity index (χ1v) is 11.6. The lowest BCUT2D eigenvalue weighted by molar-refractivity contribution is 0.171. The molecule has 0 aliphatic heterocycles. The first kappa shape index (κ1) is 13.9. The molecular formula is C26H34N2O2S3. The maximum absolute atomic E-state index is 9.59. The van der Waals surface area contributed by atoms with Gasteiger partial charge in [-0.05, 0) is 67.8 Å². The second kappa shape index (κ2) is 15.1. The zero-order valence-electron chi connectivity index (χ0n) is 30.6. The van der Waals surface area contributed by atoms with Crippen molar-refractivity contribution in [3.63, 3.8) is 0 Å². The van der Waals surface area contributed by atoms with Gasteiger partial charge in [0.05, 0.1) is 15.7 Å². The van der Waals surface area contributed by atoms with Gasteiger partial charge in [-0.1, -0.05) is 48.4 Å². The van der Waals surface area contributed by atoms with Crippen LogP contribution in [0.25, 0.3) is 10.8 Å². The van der Waals surface area contributed by atoms with Gasteiger partial charge in [0.25, 0.3) is 0 Å². The number of rotatable bonds is 10. The predicted octanol–water partition coefficient (Wildman–Crippen LogP) is 6.13. The van der Waals surface area contributed by atoms with E-state index in [9.17, 15) is 5.11 Å². The van der Waals surface area contributed by atoms with Crippen molar-refractivity contribution >= 4 is 46.9 Å². The van der Waals surface area contributed by atoms with Crippen LogP contribution in [0.4, 0.5) is 0 Å². The Bertz CT molecular complexity index is 1560. The summed E-state index contributed by atoms with van der Waals surface area (Å²) in [4.78, 5) is 1.60. The highest BCUT2D eigenvalue weighted by molar-refractivity contribution is 7.59. The molecule has 2 aromatic heterocycles. The summed E-state index contributed by atoms with van der Waals surface area (Å²) in [6.45, 7) is -4.11. The predicted molar refractivity (Wildman–Crippen MR) is 148 cm³/mol. The summed E-state index contributed by atoms with van der Waals surface area (Å²) in [5.41, 5.74) is 0. The number of nitrogens with one attached hydrogen (secondary N) is 2. The summed E-state index contributed by atoms with van der Waals surface area (Å²) in [6.07, 6.45) is -0.679. The molecule has 4 aromatic rings. The molecular weight excluding hydrogens is 468 g/mol. The fourth-order valence-corrected chi connectivity index (χ4v) is 4.32. The Hall–Kier alpha value is -1.87. The van der Waals surface area contributed by atoms with E-state index in [4.69, 9.17) is 22.6 Å². The maximum atomic E-state index is 9.59. The van der Waals surface area contributed by atoms with Crippen LogP contribution in [-0.2, 0) is 0 Å². The van der Waals surface area contributed by atoms with Crippen LogP contribution in [0.3, 0.4) is 0 Å². The molecule has 0 aliphatic carbocycles. The molecule has 0 bridgehead atoms. The van der Waals surface area contributed by atoms with Crippen LogP contribution in [0.5, 0.6) is 5.75 Å². The van der Waals surface area contributed by atoms with Gasteiger partial charge >= 0.3 is 0 Å². The average Bonchev–Trinajstić information content (AvgIpc) is 3.68. The van der Waals surface area contributed by atoms with E-state index in [-0.39, 0.29) is 49.5 Å². The highest BCUT2D eigenvalue weighted by atomic mass is 32.1. The molecule has 2 atom stereocenters. The number of thiophene rings is 2. The molecule has 3 N–H and O–H groups in total. The molecule has 0 amide bonds. The minimum atomic E-state index is -2.34. The van der Waals surface area contributed by atoms with Gasteiger partial charge in [0.15, 0.2) is 0 Å². The Balaban J connectivity index is 0.000000413. The third-order valence-corrected chi connectivity index (χ3v) is 6.28. The quantitative estimate of drug-likeness (QED) is 0.238. The molecule has 33 heavy (non-hydrogen) atoms. The normalized spacial score (nSPS) is 18.8. The van der Waals surface area contributed by atoms with E-state index >= 15 is 0 Å². The molecule has 4 nitrogen and oxygen atoms in total. The largest absolute Gasteiger partial charge is 0.484 e. The first-order valence-electron chi connectivity index (χ1n) is 16.3. The van der Waals surface area contributed by atoms with E-state index in [1.807, 2.05) is 17.5 Å². The summed E-state index contributed by atoms with van der Waals surface area (Å²) in [5.74, 6) is -0.227. The Morgan fingerprint density at radius 1 is 0.939 bits per heavy atom. The third kappa shape index (κ3) is 8.45. The molecule has 2 heterocycles. The van der Waals surface area contributed by atoms with Crippen molar-refractivity contribution in [1.29, 1.82) is 0 Å². The van der Waals surface area contributed by atoms with Crippen LogP contribution in [0.15, 0.2) is 77.3 Å². The van der Waals surface area contributed by atoms with Crippen molar-refractivity contribution in [2.24, 2.45) is 0 Å². The summed E-state index contributed by atoms with van der Waals surface area (Å²) < 4.78 is 105. The van der Waals surface area contributed by atoms with E-state index < -0.39 is 68.5 Å². The molecule has 4 rings (SSSR count). The molecule has 0 radical (unpaired) electrons. The number of aliphatic hydroxyl groups excluding tert-OH is 1.